The van der Waals surface area contributed by atoms with Gasteiger partial charge in [0.2, 0.25) is 0 Å². The van der Waals surface area contributed by atoms with Crippen molar-refractivity contribution in [2.75, 3.05) is 73.4 Å². The third-order valence-corrected chi connectivity index (χ3v) is 9.42. The molecule has 1 aliphatic heterocycles. The second-order valence-electron chi connectivity index (χ2n) is 13.3. The van der Waals surface area contributed by atoms with Gasteiger partial charge in [0.1, 0.15) is 6.34 Å². The standard InChI is InChI=1S/C36H54N6O/c1-8-40(7)38-27-39(6)32-14-16-34(17-15-32)42-21-19-41(20-22-42)33-12-10-31(11-13-33)37-25-30(26-43)24-36(4,5)35-18-9-28(2)23-29(35)3/h8,10-17,23,27-28,30,35,37,43H,1,9,18-22,24-26H2,2-7H3/b38-27-/t28?,30-,35?/m1/s1. The average Bonchev–Trinajstić information content (AvgIpc) is 3.02. The molecule has 0 saturated carbocycles. The first-order valence-electron chi connectivity index (χ1n) is 15.9. The Labute approximate surface area is 260 Å². The molecule has 0 spiro atoms. The highest BCUT2D eigenvalue weighted by Gasteiger charge is 2.34. The van der Waals surface area contributed by atoms with E-state index in [0.717, 1.165) is 50.5 Å². The van der Waals surface area contributed by atoms with Crippen molar-refractivity contribution in [2.24, 2.45) is 28.3 Å². The number of nitrogens with one attached hydrogen (secondary N) is 1. The molecule has 7 heteroatoms. The minimum atomic E-state index is 0.178. The van der Waals surface area contributed by atoms with E-state index in [2.05, 4.69) is 109 Å². The molecule has 2 N–H and O–H groups in total. The molecule has 0 radical (unpaired) electrons. The number of aliphatic hydroxyl groups is 1. The highest BCUT2D eigenvalue weighted by molar-refractivity contribution is 5.78. The molecular weight excluding hydrogens is 532 g/mol. The fraction of sp³-hybridized carbons (Fsp3) is 0.528. The van der Waals surface area contributed by atoms with Crippen LogP contribution in [0.25, 0.3) is 0 Å². The minimum absolute atomic E-state index is 0.178. The molecule has 4 rings (SSSR count). The molecule has 0 bridgehead atoms. The number of hydrazone groups is 1. The van der Waals surface area contributed by atoms with Crippen molar-refractivity contribution in [3.05, 3.63) is 73.0 Å². The number of hydrogen-bond donors (Lipinski definition) is 2. The fourth-order valence-electron chi connectivity index (χ4n) is 6.85. The van der Waals surface area contributed by atoms with E-state index in [9.17, 15) is 5.11 Å². The summed E-state index contributed by atoms with van der Waals surface area (Å²) in [6.45, 7) is 18.1. The van der Waals surface area contributed by atoms with E-state index in [0.29, 0.717) is 11.8 Å². The predicted molar refractivity (Wildman–Crippen MR) is 185 cm³/mol. The maximum Gasteiger partial charge on any atom is 0.116 e. The Morgan fingerprint density at radius 2 is 1.58 bits per heavy atom. The van der Waals surface area contributed by atoms with Crippen molar-refractivity contribution in [3.63, 3.8) is 0 Å². The van der Waals surface area contributed by atoms with Crippen LogP contribution in [0.15, 0.2) is 78.1 Å². The summed E-state index contributed by atoms with van der Waals surface area (Å²) in [5.74, 6) is 1.53. The zero-order valence-corrected chi connectivity index (χ0v) is 27.3. The molecule has 7 nitrogen and oxygen atoms in total. The monoisotopic (exact) mass is 586 g/mol. The number of aliphatic hydroxyl groups excluding tert-OH is 1. The molecular formula is C36H54N6O. The summed E-state index contributed by atoms with van der Waals surface area (Å²) in [7, 11) is 3.86. The highest BCUT2D eigenvalue weighted by Crippen LogP contribution is 2.44. The van der Waals surface area contributed by atoms with Crippen molar-refractivity contribution < 1.29 is 5.11 Å². The van der Waals surface area contributed by atoms with Gasteiger partial charge >= 0.3 is 0 Å². The third-order valence-electron chi connectivity index (χ3n) is 9.42. The Morgan fingerprint density at radius 1 is 1.00 bits per heavy atom. The van der Waals surface area contributed by atoms with Crippen LogP contribution in [-0.2, 0) is 0 Å². The Kier molecular flexibility index (Phi) is 11.2. The van der Waals surface area contributed by atoms with Gasteiger partial charge in [-0.2, -0.15) is 5.10 Å². The van der Waals surface area contributed by atoms with Gasteiger partial charge in [0, 0.05) is 82.4 Å². The number of nitrogens with zero attached hydrogens (tertiary/aromatic N) is 5. The lowest BCUT2D eigenvalue weighted by Gasteiger charge is -2.40. The summed E-state index contributed by atoms with van der Waals surface area (Å²) in [5, 5.41) is 19.8. The van der Waals surface area contributed by atoms with Crippen molar-refractivity contribution in [1.82, 2.24) is 5.01 Å². The molecule has 43 heavy (non-hydrogen) atoms. The van der Waals surface area contributed by atoms with E-state index >= 15 is 0 Å². The molecule has 2 aliphatic rings. The van der Waals surface area contributed by atoms with Crippen LogP contribution in [0.5, 0.6) is 0 Å². The van der Waals surface area contributed by atoms with Crippen molar-refractivity contribution in [3.8, 4) is 0 Å². The van der Waals surface area contributed by atoms with Gasteiger partial charge in [-0.15, -0.1) is 0 Å². The molecule has 0 aromatic heterocycles. The zero-order valence-electron chi connectivity index (χ0n) is 27.3. The number of anilines is 4. The van der Waals surface area contributed by atoms with Crippen molar-refractivity contribution in [2.45, 2.75) is 47.0 Å². The molecule has 1 aliphatic carbocycles. The number of benzene rings is 2. The van der Waals surface area contributed by atoms with E-state index in [1.807, 2.05) is 19.0 Å². The van der Waals surface area contributed by atoms with Gasteiger partial charge in [0.15, 0.2) is 0 Å². The van der Waals surface area contributed by atoms with E-state index < -0.39 is 0 Å². The number of piperazine rings is 1. The van der Waals surface area contributed by atoms with Gasteiger partial charge < -0.3 is 25.1 Å². The van der Waals surface area contributed by atoms with E-state index in [-0.39, 0.29) is 17.9 Å². The van der Waals surface area contributed by atoms with Gasteiger partial charge in [-0.05, 0) is 97.9 Å². The molecule has 1 fully saturated rings. The van der Waals surface area contributed by atoms with Crippen molar-refractivity contribution >= 4 is 29.1 Å². The normalized spacial score (nSPS) is 20.1. The van der Waals surface area contributed by atoms with Crippen LogP contribution >= 0.6 is 0 Å². The molecule has 3 atom stereocenters. The molecule has 0 amide bonds. The van der Waals surface area contributed by atoms with Crippen LogP contribution in [0.2, 0.25) is 0 Å². The van der Waals surface area contributed by atoms with Crippen molar-refractivity contribution in [1.29, 1.82) is 0 Å². The number of rotatable bonds is 13. The first-order chi connectivity index (χ1) is 20.6. The Morgan fingerprint density at radius 3 is 2.12 bits per heavy atom. The SMILES string of the molecule is C=CN(C)/N=C\N(C)c1ccc(N2CCN(c3ccc(NC[C@H](CO)CC(C)(C)C4CCC(C)C=C4C)cc3)CC2)cc1. The maximum absolute atomic E-state index is 10.2. The summed E-state index contributed by atoms with van der Waals surface area (Å²) >= 11 is 0. The summed E-state index contributed by atoms with van der Waals surface area (Å²) < 4.78 is 0. The van der Waals surface area contributed by atoms with Gasteiger partial charge in [0.05, 0.1) is 0 Å². The van der Waals surface area contributed by atoms with Crippen LogP contribution in [0.4, 0.5) is 22.7 Å². The fourth-order valence-corrected chi connectivity index (χ4v) is 6.85. The summed E-state index contributed by atoms with van der Waals surface area (Å²) in [5.41, 5.74) is 6.44. The molecule has 1 heterocycles. The average molecular weight is 587 g/mol. The quantitative estimate of drug-likeness (QED) is 0.115. The summed E-state index contributed by atoms with van der Waals surface area (Å²) in [4.78, 5) is 6.92. The van der Waals surface area contributed by atoms with Crippen LogP contribution in [0, 0.1) is 23.2 Å². The molecule has 1 saturated heterocycles. The first-order valence-corrected chi connectivity index (χ1v) is 15.9. The van der Waals surface area contributed by atoms with Crippen LogP contribution in [-0.4, -0.2) is 69.9 Å². The highest BCUT2D eigenvalue weighted by atomic mass is 16.3. The molecule has 2 aromatic rings. The maximum atomic E-state index is 10.2. The van der Waals surface area contributed by atoms with Gasteiger partial charge in [-0.3, -0.25) is 5.01 Å². The smallest absolute Gasteiger partial charge is 0.116 e. The number of hydrogen-bond acceptors (Lipinski definition) is 6. The third kappa shape index (κ3) is 8.79. The van der Waals surface area contributed by atoms with Gasteiger partial charge in [-0.1, -0.05) is 39.0 Å². The second-order valence-corrected chi connectivity index (χ2v) is 13.3. The summed E-state index contributed by atoms with van der Waals surface area (Å²) in [6.07, 6.45) is 9.47. The molecule has 2 aromatic carbocycles. The Balaban J connectivity index is 1.25. The molecule has 2 unspecified atom stereocenters. The lowest BCUT2D eigenvalue weighted by molar-refractivity contribution is 0.131. The van der Waals surface area contributed by atoms with Gasteiger partial charge in [-0.25, -0.2) is 0 Å². The van der Waals surface area contributed by atoms with E-state index in [1.54, 1.807) is 17.5 Å². The van der Waals surface area contributed by atoms with E-state index in [1.165, 1.54) is 29.8 Å². The van der Waals surface area contributed by atoms with Crippen LogP contribution in [0.1, 0.15) is 47.0 Å². The van der Waals surface area contributed by atoms with E-state index in [4.69, 9.17) is 0 Å². The number of allylic oxidation sites excluding steroid dienone is 2. The van der Waals surface area contributed by atoms with Crippen LogP contribution < -0.4 is 20.0 Å². The largest absolute Gasteiger partial charge is 0.396 e. The predicted octanol–water partition coefficient (Wildman–Crippen LogP) is 6.90. The first kappa shape index (κ1) is 32.5. The van der Waals surface area contributed by atoms with Gasteiger partial charge in [0.25, 0.3) is 0 Å². The molecule has 234 valence electrons. The minimum Gasteiger partial charge on any atom is -0.396 e. The van der Waals surface area contributed by atoms with Crippen LogP contribution in [0.3, 0.4) is 0 Å². The zero-order chi connectivity index (χ0) is 31.0. The lowest BCUT2D eigenvalue weighted by atomic mass is 9.65. The second kappa shape index (κ2) is 14.8. The lowest BCUT2D eigenvalue weighted by Crippen LogP contribution is -2.46. The Hall–Kier alpha value is -3.45. The Bertz CT molecular complexity index is 1210. The topological polar surface area (TPSA) is 57.6 Å². The summed E-state index contributed by atoms with van der Waals surface area (Å²) in [6, 6.07) is 17.5.